The molecule has 1 amide bonds. The van der Waals surface area contributed by atoms with Crippen LogP contribution in [0.5, 0.6) is 5.75 Å². The second-order valence-electron chi connectivity index (χ2n) is 5.07. The summed E-state index contributed by atoms with van der Waals surface area (Å²) in [6.45, 7) is 1.52. The first-order valence-corrected chi connectivity index (χ1v) is 8.76. The molecule has 1 heterocycles. The highest BCUT2D eigenvalue weighted by Gasteiger charge is 2.16. The molecule has 0 saturated carbocycles. The lowest BCUT2D eigenvalue weighted by Gasteiger charge is -2.09. The van der Waals surface area contributed by atoms with E-state index < -0.39 is 15.7 Å². The second-order valence-corrected chi connectivity index (χ2v) is 7.35. The minimum Gasteiger partial charge on any atom is -0.506 e. The molecular formula is C16H14N2O5S. The van der Waals surface area contributed by atoms with E-state index in [1.54, 1.807) is 12.1 Å². The number of oxazole rings is 1. The first kappa shape index (κ1) is 16.0. The van der Waals surface area contributed by atoms with E-state index in [0.717, 1.165) is 0 Å². The fraction of sp³-hybridized carbons (Fsp3) is 0.125. The standard InChI is InChI=1S/C16H14N2O5S/c1-2-24(21,22)11-4-5-14(19)12(8-11)18-16(20)10-3-6-15-13(7-10)17-9-23-15/h3-9,19H,2H2,1H3,(H,18,20). The summed E-state index contributed by atoms with van der Waals surface area (Å²) in [6, 6.07) is 8.46. The quantitative estimate of drug-likeness (QED) is 0.703. The van der Waals surface area contributed by atoms with Gasteiger partial charge < -0.3 is 14.8 Å². The number of aromatic nitrogens is 1. The maximum absolute atomic E-state index is 12.3. The van der Waals surface area contributed by atoms with Crippen molar-refractivity contribution in [1.29, 1.82) is 0 Å². The van der Waals surface area contributed by atoms with E-state index in [2.05, 4.69) is 10.3 Å². The molecule has 0 aliphatic carbocycles. The number of nitrogens with zero attached hydrogens (tertiary/aromatic N) is 1. The van der Waals surface area contributed by atoms with Gasteiger partial charge in [-0.05, 0) is 36.4 Å². The van der Waals surface area contributed by atoms with Crippen LogP contribution in [0.1, 0.15) is 17.3 Å². The van der Waals surface area contributed by atoms with E-state index in [-0.39, 0.29) is 22.1 Å². The number of benzene rings is 2. The summed E-state index contributed by atoms with van der Waals surface area (Å²) in [5.41, 5.74) is 1.40. The Morgan fingerprint density at radius 2 is 2.04 bits per heavy atom. The van der Waals surface area contributed by atoms with Crippen LogP contribution in [0.15, 0.2) is 52.1 Å². The van der Waals surface area contributed by atoms with E-state index in [1.165, 1.54) is 37.6 Å². The Hall–Kier alpha value is -2.87. The summed E-state index contributed by atoms with van der Waals surface area (Å²) >= 11 is 0. The predicted molar refractivity (Wildman–Crippen MR) is 87.8 cm³/mol. The van der Waals surface area contributed by atoms with Gasteiger partial charge >= 0.3 is 0 Å². The van der Waals surface area contributed by atoms with Crippen LogP contribution < -0.4 is 5.32 Å². The Kier molecular flexibility index (Phi) is 3.98. The number of fused-ring (bicyclic) bond motifs is 1. The monoisotopic (exact) mass is 346 g/mol. The molecule has 1 aromatic heterocycles. The van der Waals surface area contributed by atoms with Crippen molar-refractivity contribution in [3.05, 3.63) is 48.4 Å². The number of aromatic hydroxyl groups is 1. The van der Waals surface area contributed by atoms with Gasteiger partial charge in [-0.3, -0.25) is 4.79 Å². The molecule has 0 aliphatic rings. The summed E-state index contributed by atoms with van der Waals surface area (Å²) < 4.78 is 29.0. The molecule has 24 heavy (non-hydrogen) atoms. The number of carbonyl (C=O) groups is 1. The minimum atomic E-state index is -3.44. The van der Waals surface area contributed by atoms with Crippen LogP contribution >= 0.6 is 0 Å². The molecule has 2 aromatic carbocycles. The second kappa shape index (κ2) is 5.97. The van der Waals surface area contributed by atoms with E-state index in [1.807, 2.05) is 0 Å². The molecule has 7 nitrogen and oxygen atoms in total. The van der Waals surface area contributed by atoms with Gasteiger partial charge in [-0.25, -0.2) is 13.4 Å². The highest BCUT2D eigenvalue weighted by atomic mass is 32.2. The normalized spacial score (nSPS) is 11.5. The number of phenols is 1. The summed E-state index contributed by atoms with van der Waals surface area (Å²) in [7, 11) is -3.44. The molecule has 0 saturated heterocycles. The van der Waals surface area contributed by atoms with Crippen molar-refractivity contribution in [2.75, 3.05) is 11.1 Å². The third kappa shape index (κ3) is 2.95. The Labute approximate surface area is 137 Å². The lowest BCUT2D eigenvalue weighted by molar-refractivity contribution is 0.102. The highest BCUT2D eigenvalue weighted by molar-refractivity contribution is 7.91. The topological polar surface area (TPSA) is 110 Å². The van der Waals surface area contributed by atoms with Gasteiger partial charge in [0.2, 0.25) is 0 Å². The van der Waals surface area contributed by atoms with Gasteiger partial charge in [0.15, 0.2) is 21.8 Å². The third-order valence-electron chi connectivity index (χ3n) is 3.55. The Bertz CT molecular complexity index is 1020. The van der Waals surface area contributed by atoms with Gasteiger partial charge in [-0.2, -0.15) is 0 Å². The Morgan fingerprint density at radius 3 is 2.79 bits per heavy atom. The van der Waals surface area contributed by atoms with Gasteiger partial charge in [0.1, 0.15) is 11.3 Å². The van der Waals surface area contributed by atoms with Crippen molar-refractivity contribution >= 4 is 32.5 Å². The fourth-order valence-corrected chi connectivity index (χ4v) is 3.08. The number of amides is 1. The van der Waals surface area contributed by atoms with Crippen LogP contribution in [0, 0.1) is 0 Å². The Morgan fingerprint density at radius 1 is 1.25 bits per heavy atom. The average molecular weight is 346 g/mol. The fourth-order valence-electron chi connectivity index (χ4n) is 2.17. The lowest BCUT2D eigenvalue weighted by Crippen LogP contribution is -2.13. The zero-order valence-electron chi connectivity index (χ0n) is 12.7. The van der Waals surface area contributed by atoms with Crippen LogP contribution in [0.3, 0.4) is 0 Å². The molecule has 3 rings (SSSR count). The molecule has 0 spiro atoms. The molecule has 124 valence electrons. The number of sulfone groups is 1. The summed E-state index contributed by atoms with van der Waals surface area (Å²) in [6.07, 6.45) is 1.28. The van der Waals surface area contributed by atoms with Gasteiger partial charge in [0.25, 0.3) is 5.91 Å². The molecule has 0 radical (unpaired) electrons. The maximum atomic E-state index is 12.3. The molecule has 0 fully saturated rings. The summed E-state index contributed by atoms with van der Waals surface area (Å²) in [5, 5.41) is 12.4. The average Bonchev–Trinajstić information content (AvgIpc) is 3.04. The largest absolute Gasteiger partial charge is 0.506 e. The van der Waals surface area contributed by atoms with Gasteiger partial charge in [-0.1, -0.05) is 6.92 Å². The molecular weight excluding hydrogens is 332 g/mol. The van der Waals surface area contributed by atoms with Gasteiger partial charge in [0, 0.05) is 5.56 Å². The number of rotatable bonds is 4. The van der Waals surface area contributed by atoms with Crippen LogP contribution in [0.25, 0.3) is 11.1 Å². The predicted octanol–water partition coefficient (Wildman–Crippen LogP) is 2.58. The van der Waals surface area contributed by atoms with Crippen molar-refractivity contribution < 1.29 is 22.7 Å². The highest BCUT2D eigenvalue weighted by Crippen LogP contribution is 2.27. The molecule has 2 N–H and O–H groups in total. The number of nitrogens with one attached hydrogen (secondary N) is 1. The molecule has 0 unspecified atom stereocenters. The van der Waals surface area contributed by atoms with Crippen LogP contribution in [0.2, 0.25) is 0 Å². The SMILES string of the molecule is CCS(=O)(=O)c1ccc(O)c(NC(=O)c2ccc3ocnc3c2)c1. The Balaban J connectivity index is 1.92. The first-order valence-electron chi connectivity index (χ1n) is 7.11. The number of carbonyl (C=O) groups excluding carboxylic acids is 1. The lowest BCUT2D eigenvalue weighted by atomic mass is 10.2. The number of anilines is 1. The summed E-state index contributed by atoms with van der Waals surface area (Å²) in [4.78, 5) is 16.3. The molecule has 3 aromatic rings. The zero-order chi connectivity index (χ0) is 17.3. The van der Waals surface area contributed by atoms with Crippen molar-refractivity contribution in [3.8, 4) is 5.75 Å². The van der Waals surface area contributed by atoms with E-state index in [4.69, 9.17) is 4.42 Å². The minimum absolute atomic E-state index is 0.0229. The molecule has 0 bridgehead atoms. The molecule has 0 aliphatic heterocycles. The van der Waals surface area contributed by atoms with E-state index >= 15 is 0 Å². The number of phenolic OH excluding ortho intramolecular Hbond substituents is 1. The van der Waals surface area contributed by atoms with Crippen LogP contribution in [-0.2, 0) is 9.84 Å². The summed E-state index contributed by atoms with van der Waals surface area (Å²) in [5.74, 6) is -0.796. The van der Waals surface area contributed by atoms with Crippen LogP contribution in [0.4, 0.5) is 5.69 Å². The van der Waals surface area contributed by atoms with Gasteiger partial charge in [-0.15, -0.1) is 0 Å². The maximum Gasteiger partial charge on any atom is 0.255 e. The number of hydrogen-bond donors (Lipinski definition) is 2. The smallest absolute Gasteiger partial charge is 0.255 e. The van der Waals surface area contributed by atoms with Gasteiger partial charge in [0.05, 0.1) is 16.3 Å². The zero-order valence-corrected chi connectivity index (χ0v) is 13.5. The van der Waals surface area contributed by atoms with E-state index in [0.29, 0.717) is 16.7 Å². The first-order chi connectivity index (χ1) is 11.4. The van der Waals surface area contributed by atoms with Crippen molar-refractivity contribution in [1.82, 2.24) is 4.98 Å². The van der Waals surface area contributed by atoms with Crippen molar-refractivity contribution in [2.24, 2.45) is 0 Å². The van der Waals surface area contributed by atoms with Crippen molar-refractivity contribution in [3.63, 3.8) is 0 Å². The number of hydrogen-bond acceptors (Lipinski definition) is 6. The molecule has 8 heteroatoms. The third-order valence-corrected chi connectivity index (χ3v) is 5.28. The van der Waals surface area contributed by atoms with E-state index in [9.17, 15) is 18.3 Å². The molecule has 0 atom stereocenters. The van der Waals surface area contributed by atoms with Crippen LogP contribution in [-0.4, -0.2) is 30.2 Å². The van der Waals surface area contributed by atoms with Crippen molar-refractivity contribution in [2.45, 2.75) is 11.8 Å².